The summed E-state index contributed by atoms with van der Waals surface area (Å²) in [7, 11) is 1.03. The van der Waals surface area contributed by atoms with E-state index in [1.165, 1.54) is 21.3 Å². The van der Waals surface area contributed by atoms with Gasteiger partial charge in [0, 0.05) is 12.5 Å². The Morgan fingerprint density at radius 3 is 2.14 bits per heavy atom. The highest BCUT2D eigenvalue weighted by atomic mass is 32.3. The summed E-state index contributed by atoms with van der Waals surface area (Å²) in [5.74, 6) is -2.15. The molecule has 0 atom stereocenters. The van der Waals surface area contributed by atoms with Crippen LogP contribution in [0.1, 0.15) is 13.8 Å². The van der Waals surface area contributed by atoms with Gasteiger partial charge in [0.05, 0.1) is 26.5 Å². The third kappa shape index (κ3) is 2.82. The maximum absolute atomic E-state index is 11.7. The number of aliphatic carboxylic acids is 1. The number of amides is 1. The van der Waals surface area contributed by atoms with Crippen molar-refractivity contribution < 1.29 is 27.8 Å². The highest BCUT2D eigenvalue weighted by Gasteiger charge is 2.49. The van der Waals surface area contributed by atoms with E-state index >= 15 is 0 Å². The zero-order chi connectivity index (χ0) is 16.4. The molecule has 0 bridgehead atoms. The van der Waals surface area contributed by atoms with Crippen LogP contribution in [-0.4, -0.2) is 50.0 Å². The van der Waals surface area contributed by atoms with Crippen molar-refractivity contribution in [3.8, 4) is 0 Å². The molecule has 1 amide bonds. The van der Waals surface area contributed by atoms with Gasteiger partial charge in [0.2, 0.25) is 5.04 Å². The van der Waals surface area contributed by atoms with Gasteiger partial charge in [0.25, 0.3) is 5.91 Å². The number of carbonyl (C=O) groups excluding carboxylic acids is 1. The average molecular weight is 320 g/mol. The van der Waals surface area contributed by atoms with Crippen LogP contribution in [0.4, 0.5) is 0 Å². The van der Waals surface area contributed by atoms with E-state index in [-0.39, 0.29) is 22.3 Å². The SMILES string of the molecule is COCC(C)(C)C1=C(C(=O)O)S(OC)(OC)C(C(N)=O)=N1. The van der Waals surface area contributed by atoms with Gasteiger partial charge in [0.15, 0.2) is 4.91 Å². The van der Waals surface area contributed by atoms with Crippen molar-refractivity contribution in [1.29, 1.82) is 0 Å². The number of ether oxygens (including phenoxy) is 1. The second-order valence-electron chi connectivity index (χ2n) is 4.92. The molecule has 3 N–H and O–H groups in total. The summed E-state index contributed by atoms with van der Waals surface area (Å²) in [6, 6.07) is 0. The van der Waals surface area contributed by atoms with E-state index < -0.39 is 27.9 Å². The standard InChI is InChI=1S/C12H20N2O6S/c1-12(2,6-18-3)8-7(11(16)17)21(19-4,20-5)10(14-8)9(13)15/h6H2,1-5H3,(H2,13,15)(H,16,17). The fourth-order valence-corrected chi connectivity index (χ4v) is 4.38. The molecule has 0 aliphatic carbocycles. The lowest BCUT2D eigenvalue weighted by Gasteiger charge is -2.37. The zero-order valence-electron chi connectivity index (χ0n) is 12.6. The minimum atomic E-state index is -2.97. The van der Waals surface area contributed by atoms with Crippen LogP contribution in [0.2, 0.25) is 0 Å². The zero-order valence-corrected chi connectivity index (χ0v) is 13.4. The van der Waals surface area contributed by atoms with Crippen LogP contribution < -0.4 is 5.73 Å². The number of methoxy groups -OCH3 is 1. The van der Waals surface area contributed by atoms with E-state index in [4.69, 9.17) is 18.8 Å². The average Bonchev–Trinajstić information content (AvgIpc) is 2.75. The van der Waals surface area contributed by atoms with Gasteiger partial charge in [-0.1, -0.05) is 13.8 Å². The van der Waals surface area contributed by atoms with Crippen molar-refractivity contribution in [1.82, 2.24) is 0 Å². The highest BCUT2D eigenvalue weighted by Crippen LogP contribution is 2.64. The fourth-order valence-electron chi connectivity index (χ4n) is 2.12. The summed E-state index contributed by atoms with van der Waals surface area (Å²) >= 11 is 0. The Balaban J connectivity index is 3.63. The molecule has 120 valence electrons. The number of rotatable bonds is 7. The number of hydrogen-bond acceptors (Lipinski definition) is 6. The molecule has 9 heteroatoms. The molecule has 0 spiro atoms. The molecule has 0 fully saturated rings. The predicted molar refractivity (Wildman–Crippen MR) is 78.6 cm³/mol. The van der Waals surface area contributed by atoms with E-state index in [1.54, 1.807) is 13.8 Å². The van der Waals surface area contributed by atoms with E-state index in [9.17, 15) is 14.7 Å². The summed E-state index contributed by atoms with van der Waals surface area (Å²) in [4.78, 5) is 27.3. The Hall–Kier alpha value is -1.42. The quantitative estimate of drug-likeness (QED) is 0.715. The van der Waals surface area contributed by atoms with E-state index in [1.807, 2.05) is 0 Å². The molecule has 1 aliphatic rings. The number of nitrogens with two attached hydrogens (primary N) is 1. The summed E-state index contributed by atoms with van der Waals surface area (Å²) in [6.45, 7) is 3.70. The van der Waals surface area contributed by atoms with Gasteiger partial charge >= 0.3 is 5.97 Å². The monoisotopic (exact) mass is 320 g/mol. The van der Waals surface area contributed by atoms with Crippen molar-refractivity contribution in [2.75, 3.05) is 27.9 Å². The van der Waals surface area contributed by atoms with Crippen LogP contribution in [0.3, 0.4) is 0 Å². The Morgan fingerprint density at radius 2 is 1.81 bits per heavy atom. The van der Waals surface area contributed by atoms with Gasteiger partial charge in [-0.05, 0) is 0 Å². The maximum atomic E-state index is 11.7. The van der Waals surface area contributed by atoms with Crippen LogP contribution in [0.5, 0.6) is 0 Å². The molecule has 0 aromatic heterocycles. The van der Waals surface area contributed by atoms with Crippen LogP contribution >= 0.6 is 10.6 Å². The van der Waals surface area contributed by atoms with Crippen molar-refractivity contribution >= 4 is 27.5 Å². The first-order chi connectivity index (χ1) is 9.67. The smallest absolute Gasteiger partial charge is 0.354 e. The molecule has 0 saturated carbocycles. The number of aliphatic imine (C=N–C) groups is 1. The number of hydrogen-bond donors (Lipinski definition) is 2. The Labute approximate surface area is 124 Å². The first kappa shape index (κ1) is 17.6. The molecule has 0 unspecified atom stereocenters. The molecule has 1 aliphatic heterocycles. The van der Waals surface area contributed by atoms with Crippen LogP contribution in [0, 0.1) is 5.41 Å². The van der Waals surface area contributed by atoms with Gasteiger partial charge in [-0.25, -0.2) is 9.79 Å². The third-order valence-corrected chi connectivity index (χ3v) is 5.62. The summed E-state index contributed by atoms with van der Waals surface area (Å²) in [5.41, 5.74) is 4.72. The van der Waals surface area contributed by atoms with Crippen molar-refractivity contribution in [3.05, 3.63) is 10.6 Å². The maximum Gasteiger partial charge on any atom is 0.354 e. The number of primary amides is 1. The lowest BCUT2D eigenvalue weighted by Crippen LogP contribution is -2.30. The van der Waals surface area contributed by atoms with Crippen LogP contribution in [-0.2, 0) is 22.7 Å². The molecule has 0 saturated heterocycles. The van der Waals surface area contributed by atoms with Gasteiger partial charge in [-0.3, -0.25) is 13.2 Å². The normalized spacial score (nSPS) is 19.4. The summed E-state index contributed by atoms with van der Waals surface area (Å²) in [5, 5.41) is 9.33. The molecule has 0 radical (unpaired) electrons. The second-order valence-corrected chi connectivity index (χ2v) is 7.39. The highest BCUT2D eigenvalue weighted by molar-refractivity contribution is 8.43. The van der Waals surface area contributed by atoms with Crippen LogP contribution in [0.15, 0.2) is 15.6 Å². The van der Waals surface area contributed by atoms with Gasteiger partial charge in [0.1, 0.15) is 0 Å². The Kier molecular flexibility index (Phi) is 5.16. The second kappa shape index (κ2) is 6.14. The van der Waals surface area contributed by atoms with E-state index in [0.717, 1.165) is 0 Å². The molecule has 1 rings (SSSR count). The lowest BCUT2D eigenvalue weighted by atomic mass is 9.90. The van der Waals surface area contributed by atoms with Crippen molar-refractivity contribution in [3.63, 3.8) is 0 Å². The number of carboxylic acids is 1. The van der Waals surface area contributed by atoms with Gasteiger partial charge in [-0.15, -0.1) is 10.6 Å². The Bertz CT molecular complexity index is 522. The molecular formula is C12H20N2O6S. The molecular weight excluding hydrogens is 300 g/mol. The van der Waals surface area contributed by atoms with Crippen molar-refractivity contribution in [2.45, 2.75) is 13.8 Å². The fraction of sp³-hybridized carbons (Fsp3) is 0.583. The molecule has 21 heavy (non-hydrogen) atoms. The number of nitrogens with zero attached hydrogens (tertiary/aromatic N) is 1. The largest absolute Gasteiger partial charge is 0.477 e. The van der Waals surface area contributed by atoms with E-state index in [0.29, 0.717) is 0 Å². The molecule has 0 aromatic carbocycles. The summed E-state index contributed by atoms with van der Waals surface area (Å²) < 4.78 is 15.6. The minimum absolute atomic E-state index is 0.171. The third-order valence-electron chi connectivity index (χ3n) is 2.97. The van der Waals surface area contributed by atoms with Crippen molar-refractivity contribution in [2.24, 2.45) is 16.1 Å². The Morgan fingerprint density at radius 1 is 1.29 bits per heavy atom. The number of carboxylic acid groups (broad SMARTS) is 1. The lowest BCUT2D eigenvalue weighted by molar-refractivity contribution is -0.132. The first-order valence-corrected chi connectivity index (χ1v) is 7.46. The van der Waals surface area contributed by atoms with Crippen LogP contribution in [0.25, 0.3) is 0 Å². The minimum Gasteiger partial charge on any atom is -0.477 e. The predicted octanol–water partition coefficient (Wildman–Crippen LogP) is 0.780. The van der Waals surface area contributed by atoms with E-state index in [2.05, 4.69) is 4.99 Å². The summed E-state index contributed by atoms with van der Waals surface area (Å²) in [6.07, 6.45) is 0. The van der Waals surface area contributed by atoms with Gasteiger partial charge < -0.3 is 15.6 Å². The van der Waals surface area contributed by atoms with Gasteiger partial charge in [-0.2, -0.15) is 0 Å². The number of carbonyl (C=O) groups is 2. The molecule has 1 heterocycles. The topological polar surface area (TPSA) is 120 Å². The molecule has 0 aromatic rings. The molecule has 8 nitrogen and oxygen atoms in total. The first-order valence-electron chi connectivity index (χ1n) is 5.98.